The molecule has 180 valence electrons. The maximum absolute atomic E-state index is 13.0. The van der Waals surface area contributed by atoms with Crippen LogP contribution in [0.25, 0.3) is 0 Å². The van der Waals surface area contributed by atoms with Gasteiger partial charge in [-0.3, -0.25) is 4.79 Å². The minimum atomic E-state index is -0.164. The van der Waals surface area contributed by atoms with E-state index in [4.69, 9.17) is 4.74 Å². The van der Waals surface area contributed by atoms with Crippen molar-refractivity contribution in [2.45, 2.75) is 44.7 Å². The molecule has 34 heavy (non-hydrogen) atoms. The summed E-state index contributed by atoms with van der Waals surface area (Å²) in [6.07, 6.45) is 5.25. The minimum absolute atomic E-state index is 0. The molecule has 1 aliphatic rings. The number of hydrogen-bond acceptors (Lipinski definition) is 7. The van der Waals surface area contributed by atoms with Crippen molar-refractivity contribution in [1.82, 2.24) is 20.3 Å². The number of carbonyl (C=O) groups is 1. The van der Waals surface area contributed by atoms with Crippen LogP contribution in [0, 0.1) is 6.92 Å². The van der Waals surface area contributed by atoms with Crippen LogP contribution in [0.3, 0.4) is 0 Å². The Kier molecular flexibility index (Phi) is 8.65. The summed E-state index contributed by atoms with van der Waals surface area (Å²) in [5, 5.41) is 6.62. The van der Waals surface area contributed by atoms with Crippen molar-refractivity contribution >= 4 is 30.1 Å². The number of hydrogen-bond donors (Lipinski definition) is 2. The quantitative estimate of drug-likeness (QED) is 0.507. The maximum atomic E-state index is 13.0. The van der Waals surface area contributed by atoms with Crippen molar-refractivity contribution in [3.63, 3.8) is 0 Å². The van der Waals surface area contributed by atoms with Gasteiger partial charge >= 0.3 is 0 Å². The van der Waals surface area contributed by atoms with Crippen LogP contribution in [0.15, 0.2) is 54.7 Å². The minimum Gasteiger partial charge on any atom is -0.438 e. The van der Waals surface area contributed by atoms with Crippen LogP contribution in [-0.4, -0.2) is 47.0 Å². The highest BCUT2D eigenvalue weighted by molar-refractivity contribution is 5.96. The lowest BCUT2D eigenvalue weighted by atomic mass is 9.91. The molecule has 0 saturated heterocycles. The molecule has 1 aromatic carbocycles. The Morgan fingerprint density at radius 3 is 2.41 bits per heavy atom. The zero-order chi connectivity index (χ0) is 23.2. The van der Waals surface area contributed by atoms with E-state index in [0.29, 0.717) is 23.1 Å². The van der Waals surface area contributed by atoms with Gasteiger partial charge < -0.3 is 20.3 Å². The third-order valence-corrected chi connectivity index (χ3v) is 5.67. The second-order valence-corrected chi connectivity index (χ2v) is 8.52. The highest BCUT2D eigenvalue weighted by Gasteiger charge is 2.25. The van der Waals surface area contributed by atoms with Gasteiger partial charge in [0.2, 0.25) is 11.8 Å². The molecular weight excluding hydrogens is 452 g/mol. The molecule has 8 nitrogen and oxygen atoms in total. The molecule has 9 heteroatoms. The SMILES string of the molecule is Cc1cc(N(C)C)nc(NC2CCC(NC(=O)c3cccnc3Oc3ccccc3)CC2)n1.Cl. The number of benzene rings is 1. The van der Waals surface area contributed by atoms with E-state index < -0.39 is 0 Å². The molecule has 1 aliphatic carbocycles. The summed E-state index contributed by atoms with van der Waals surface area (Å²) in [7, 11) is 3.94. The summed E-state index contributed by atoms with van der Waals surface area (Å²) in [5.74, 6) is 2.33. The number of aryl methyl sites for hydroxylation is 1. The van der Waals surface area contributed by atoms with E-state index in [0.717, 1.165) is 37.2 Å². The van der Waals surface area contributed by atoms with Gasteiger partial charge in [0, 0.05) is 44.1 Å². The lowest BCUT2D eigenvalue weighted by Gasteiger charge is -2.30. The molecule has 1 saturated carbocycles. The van der Waals surface area contributed by atoms with E-state index in [2.05, 4.69) is 25.6 Å². The van der Waals surface area contributed by atoms with Crippen LogP contribution in [0.4, 0.5) is 11.8 Å². The number of amides is 1. The van der Waals surface area contributed by atoms with Gasteiger partial charge in [-0.1, -0.05) is 18.2 Å². The highest BCUT2D eigenvalue weighted by Crippen LogP contribution is 2.25. The fraction of sp³-hybridized carbons (Fsp3) is 0.360. The molecule has 0 atom stereocenters. The number of rotatable bonds is 7. The first kappa shape index (κ1) is 25.2. The molecule has 2 N–H and O–H groups in total. The van der Waals surface area contributed by atoms with E-state index in [9.17, 15) is 4.79 Å². The zero-order valence-electron chi connectivity index (χ0n) is 19.7. The van der Waals surface area contributed by atoms with Crippen molar-refractivity contribution in [2.75, 3.05) is 24.3 Å². The summed E-state index contributed by atoms with van der Waals surface area (Å²) in [4.78, 5) is 28.3. The highest BCUT2D eigenvalue weighted by atomic mass is 35.5. The van der Waals surface area contributed by atoms with E-state index in [1.54, 1.807) is 18.3 Å². The molecule has 0 unspecified atom stereocenters. The average molecular weight is 483 g/mol. The normalized spacial score (nSPS) is 17.3. The summed E-state index contributed by atoms with van der Waals surface area (Å²) in [6, 6.07) is 15.2. The summed E-state index contributed by atoms with van der Waals surface area (Å²) in [6.45, 7) is 1.97. The third kappa shape index (κ3) is 6.57. The molecule has 0 bridgehead atoms. The van der Waals surface area contributed by atoms with Crippen molar-refractivity contribution in [3.8, 4) is 11.6 Å². The second kappa shape index (κ2) is 11.7. The molecule has 0 spiro atoms. The van der Waals surface area contributed by atoms with Gasteiger partial charge in [0.1, 0.15) is 17.1 Å². The van der Waals surface area contributed by atoms with Gasteiger partial charge in [-0.2, -0.15) is 4.98 Å². The van der Waals surface area contributed by atoms with Gasteiger partial charge in [0.05, 0.1) is 0 Å². The molecule has 3 aromatic rings. The Labute approximate surface area is 206 Å². The number of nitrogens with zero attached hydrogens (tertiary/aromatic N) is 4. The van der Waals surface area contributed by atoms with E-state index in [1.165, 1.54) is 0 Å². The van der Waals surface area contributed by atoms with Gasteiger partial charge in [-0.25, -0.2) is 9.97 Å². The van der Waals surface area contributed by atoms with Gasteiger partial charge in [0.25, 0.3) is 5.91 Å². The predicted molar refractivity (Wildman–Crippen MR) is 136 cm³/mol. The van der Waals surface area contributed by atoms with Gasteiger partial charge in [-0.05, 0) is 56.9 Å². The topological polar surface area (TPSA) is 92.3 Å². The summed E-state index contributed by atoms with van der Waals surface area (Å²) in [5.41, 5.74) is 1.37. The Morgan fingerprint density at radius 2 is 1.71 bits per heavy atom. The molecule has 0 radical (unpaired) electrons. The Morgan fingerprint density at radius 1 is 1.00 bits per heavy atom. The first-order valence-corrected chi connectivity index (χ1v) is 11.3. The number of para-hydroxylation sites is 1. The molecule has 2 heterocycles. The van der Waals surface area contributed by atoms with Crippen LogP contribution < -0.4 is 20.3 Å². The Hall–Kier alpha value is -3.39. The smallest absolute Gasteiger partial charge is 0.257 e. The number of carbonyl (C=O) groups excluding carboxylic acids is 1. The number of halogens is 1. The standard InChI is InChI=1S/C25H30N6O2.ClH/c1-17-16-22(31(2)3)30-25(27-17)29-19-13-11-18(12-14-19)28-23(32)21-10-7-15-26-24(21)33-20-8-5-4-6-9-20;/h4-10,15-16,18-19H,11-14H2,1-3H3,(H,28,32)(H,27,29,30);1H. The first-order valence-electron chi connectivity index (χ1n) is 11.3. The monoisotopic (exact) mass is 482 g/mol. The van der Waals surface area contributed by atoms with Crippen molar-refractivity contribution < 1.29 is 9.53 Å². The van der Waals surface area contributed by atoms with E-state index >= 15 is 0 Å². The van der Waals surface area contributed by atoms with Crippen LogP contribution in [-0.2, 0) is 0 Å². The number of pyridine rings is 1. The first-order chi connectivity index (χ1) is 16.0. The van der Waals surface area contributed by atoms with E-state index in [-0.39, 0.29) is 30.4 Å². The zero-order valence-corrected chi connectivity index (χ0v) is 20.5. The van der Waals surface area contributed by atoms with Crippen LogP contribution >= 0.6 is 12.4 Å². The van der Waals surface area contributed by atoms with Crippen molar-refractivity contribution in [3.05, 3.63) is 66.0 Å². The number of nitrogens with one attached hydrogen (secondary N) is 2. The van der Waals surface area contributed by atoms with Crippen LogP contribution in [0.2, 0.25) is 0 Å². The van der Waals surface area contributed by atoms with Crippen molar-refractivity contribution in [2.24, 2.45) is 0 Å². The largest absolute Gasteiger partial charge is 0.438 e. The average Bonchev–Trinajstić information content (AvgIpc) is 2.81. The van der Waals surface area contributed by atoms with Crippen molar-refractivity contribution in [1.29, 1.82) is 0 Å². The Bertz CT molecular complexity index is 1090. The maximum Gasteiger partial charge on any atom is 0.257 e. The Balaban J connectivity index is 0.00000324. The number of aromatic nitrogens is 3. The van der Waals surface area contributed by atoms with Gasteiger partial charge in [-0.15, -0.1) is 12.4 Å². The fourth-order valence-corrected chi connectivity index (χ4v) is 3.92. The number of ether oxygens (including phenoxy) is 1. The molecule has 1 amide bonds. The molecule has 2 aromatic heterocycles. The fourth-order valence-electron chi connectivity index (χ4n) is 3.92. The molecular formula is C25H31ClN6O2. The molecule has 0 aliphatic heterocycles. The second-order valence-electron chi connectivity index (χ2n) is 8.52. The van der Waals surface area contributed by atoms with Crippen LogP contribution in [0.1, 0.15) is 41.7 Å². The summed E-state index contributed by atoms with van der Waals surface area (Å²) >= 11 is 0. The predicted octanol–water partition coefficient (Wildman–Crippen LogP) is 4.61. The lowest BCUT2D eigenvalue weighted by Crippen LogP contribution is -2.40. The van der Waals surface area contributed by atoms with E-state index in [1.807, 2.05) is 62.3 Å². The van der Waals surface area contributed by atoms with Crippen LogP contribution in [0.5, 0.6) is 11.6 Å². The third-order valence-electron chi connectivity index (χ3n) is 5.67. The lowest BCUT2D eigenvalue weighted by molar-refractivity contribution is 0.0923. The number of anilines is 2. The van der Waals surface area contributed by atoms with Gasteiger partial charge in [0.15, 0.2) is 0 Å². The summed E-state index contributed by atoms with van der Waals surface area (Å²) < 4.78 is 5.84. The molecule has 4 rings (SSSR count). The molecule has 1 fully saturated rings.